The number of sulfonamides is 1. The molecule has 6 nitrogen and oxygen atoms in total. The lowest BCUT2D eigenvalue weighted by Crippen LogP contribution is -2.55. The normalized spacial score (nSPS) is 19.7. The van der Waals surface area contributed by atoms with Crippen LogP contribution in [0.5, 0.6) is 0 Å². The lowest BCUT2D eigenvalue weighted by atomic mass is 10.2. The van der Waals surface area contributed by atoms with E-state index in [0.717, 1.165) is 5.56 Å². The monoisotopic (exact) mass is 432 g/mol. The minimum absolute atomic E-state index is 0.253. The Bertz CT molecular complexity index is 713. The molecule has 0 bridgehead atoms. The number of halogens is 1. The topological polar surface area (TPSA) is 66.9 Å². The SMILES string of the molecule is CC1CN(C(=O)OC(C)(C)C)CCN1S(=O)(=O)c1ccc(CBr)cc1. The number of piperazine rings is 1. The zero-order valence-corrected chi connectivity index (χ0v) is 17.4. The van der Waals surface area contributed by atoms with E-state index in [1.165, 1.54) is 4.31 Å². The quantitative estimate of drug-likeness (QED) is 0.687. The van der Waals surface area contributed by atoms with Crippen molar-refractivity contribution in [1.29, 1.82) is 0 Å². The molecule has 0 aromatic heterocycles. The first-order valence-electron chi connectivity index (χ1n) is 8.19. The Morgan fingerprint density at radius 1 is 1.24 bits per heavy atom. The zero-order valence-electron chi connectivity index (χ0n) is 15.0. The second kappa shape index (κ2) is 7.63. The van der Waals surface area contributed by atoms with Crippen LogP contribution in [0.15, 0.2) is 29.2 Å². The second-order valence-electron chi connectivity index (χ2n) is 7.17. The van der Waals surface area contributed by atoms with Crippen molar-refractivity contribution in [3.05, 3.63) is 29.8 Å². The van der Waals surface area contributed by atoms with Gasteiger partial charge in [0.2, 0.25) is 10.0 Å². The van der Waals surface area contributed by atoms with Crippen LogP contribution < -0.4 is 0 Å². The molecule has 1 aromatic rings. The molecule has 1 aliphatic rings. The lowest BCUT2D eigenvalue weighted by molar-refractivity contribution is 0.0143. The molecule has 0 N–H and O–H groups in total. The number of nitrogens with zero attached hydrogens (tertiary/aromatic N) is 2. The molecule has 0 spiro atoms. The van der Waals surface area contributed by atoms with Gasteiger partial charge in [0, 0.05) is 31.0 Å². The van der Waals surface area contributed by atoms with Crippen molar-refractivity contribution in [1.82, 2.24) is 9.21 Å². The van der Waals surface area contributed by atoms with Crippen LogP contribution in [0.25, 0.3) is 0 Å². The maximum absolute atomic E-state index is 12.9. The molecule has 1 aromatic carbocycles. The van der Waals surface area contributed by atoms with Crippen LogP contribution in [0.4, 0.5) is 4.79 Å². The van der Waals surface area contributed by atoms with Gasteiger partial charge in [0.05, 0.1) is 4.90 Å². The van der Waals surface area contributed by atoms with Crippen LogP contribution in [-0.2, 0) is 20.1 Å². The van der Waals surface area contributed by atoms with Gasteiger partial charge in [-0.25, -0.2) is 13.2 Å². The maximum atomic E-state index is 12.9. The van der Waals surface area contributed by atoms with Crippen LogP contribution in [0, 0.1) is 0 Å². The first kappa shape index (κ1) is 20.2. The van der Waals surface area contributed by atoms with Crippen molar-refractivity contribution < 1.29 is 17.9 Å². The molecule has 8 heteroatoms. The summed E-state index contributed by atoms with van der Waals surface area (Å²) in [7, 11) is -3.58. The lowest BCUT2D eigenvalue weighted by Gasteiger charge is -2.39. The van der Waals surface area contributed by atoms with E-state index >= 15 is 0 Å². The van der Waals surface area contributed by atoms with E-state index in [2.05, 4.69) is 15.9 Å². The van der Waals surface area contributed by atoms with Gasteiger partial charge in [-0.2, -0.15) is 4.31 Å². The number of ether oxygens (including phenoxy) is 1. The molecular formula is C17H25BrN2O4S. The molecule has 1 fully saturated rings. The summed E-state index contributed by atoms with van der Waals surface area (Å²) in [5.74, 6) is 0. The van der Waals surface area contributed by atoms with Gasteiger partial charge in [-0.15, -0.1) is 0 Å². The molecule has 2 rings (SSSR count). The predicted molar refractivity (Wildman–Crippen MR) is 100 cm³/mol. The van der Waals surface area contributed by atoms with E-state index in [4.69, 9.17) is 4.74 Å². The van der Waals surface area contributed by atoms with Crippen LogP contribution in [-0.4, -0.2) is 55.0 Å². The van der Waals surface area contributed by atoms with Crippen LogP contribution >= 0.6 is 15.9 Å². The fraction of sp³-hybridized carbons (Fsp3) is 0.588. The molecule has 1 saturated heterocycles. The molecule has 140 valence electrons. The van der Waals surface area contributed by atoms with Gasteiger partial charge in [0.25, 0.3) is 0 Å². The highest BCUT2D eigenvalue weighted by Crippen LogP contribution is 2.23. The van der Waals surface area contributed by atoms with E-state index in [9.17, 15) is 13.2 Å². The van der Waals surface area contributed by atoms with E-state index in [1.54, 1.807) is 36.1 Å². The number of hydrogen-bond acceptors (Lipinski definition) is 4. The van der Waals surface area contributed by atoms with Crippen LogP contribution in [0.3, 0.4) is 0 Å². The number of carbonyl (C=O) groups is 1. The summed E-state index contributed by atoms with van der Waals surface area (Å²) in [5.41, 5.74) is 0.447. The van der Waals surface area contributed by atoms with Gasteiger partial charge in [0.1, 0.15) is 5.60 Å². The molecule has 1 heterocycles. The van der Waals surface area contributed by atoms with Gasteiger partial charge in [0.15, 0.2) is 0 Å². The van der Waals surface area contributed by atoms with Gasteiger partial charge in [-0.05, 0) is 45.4 Å². The molecule has 1 unspecified atom stereocenters. The van der Waals surface area contributed by atoms with E-state index in [0.29, 0.717) is 18.4 Å². The fourth-order valence-electron chi connectivity index (χ4n) is 2.68. The van der Waals surface area contributed by atoms with Gasteiger partial charge in [-0.1, -0.05) is 28.1 Å². The van der Waals surface area contributed by atoms with Gasteiger partial charge >= 0.3 is 6.09 Å². The van der Waals surface area contributed by atoms with Crippen LogP contribution in [0.2, 0.25) is 0 Å². The molecule has 1 amide bonds. The fourth-order valence-corrected chi connectivity index (χ4v) is 4.66. The number of rotatable bonds is 3. The maximum Gasteiger partial charge on any atom is 0.410 e. The smallest absolute Gasteiger partial charge is 0.410 e. The highest BCUT2D eigenvalue weighted by molar-refractivity contribution is 9.08. The van der Waals surface area contributed by atoms with E-state index < -0.39 is 21.7 Å². The molecule has 0 radical (unpaired) electrons. The van der Waals surface area contributed by atoms with Crippen molar-refractivity contribution in [3.63, 3.8) is 0 Å². The van der Waals surface area contributed by atoms with Crippen molar-refractivity contribution in [2.75, 3.05) is 19.6 Å². The zero-order chi connectivity index (χ0) is 18.8. The van der Waals surface area contributed by atoms with Gasteiger partial charge < -0.3 is 9.64 Å². The largest absolute Gasteiger partial charge is 0.444 e. The first-order valence-corrected chi connectivity index (χ1v) is 10.8. The third kappa shape index (κ3) is 4.95. The Kier molecular flexibility index (Phi) is 6.17. The Morgan fingerprint density at radius 2 is 1.84 bits per heavy atom. The van der Waals surface area contributed by atoms with E-state index in [-0.39, 0.29) is 17.5 Å². The highest BCUT2D eigenvalue weighted by atomic mass is 79.9. The number of benzene rings is 1. The summed E-state index contributed by atoms with van der Waals surface area (Å²) >= 11 is 3.35. The number of alkyl halides is 1. The Balaban J connectivity index is 2.10. The first-order chi connectivity index (χ1) is 11.5. The standard InChI is InChI=1S/C17H25BrN2O4S/c1-13-12-19(16(21)24-17(2,3)4)9-10-20(13)25(22,23)15-7-5-14(11-18)6-8-15/h5-8,13H,9-12H2,1-4H3. The minimum Gasteiger partial charge on any atom is -0.444 e. The van der Waals surface area contributed by atoms with Crippen molar-refractivity contribution in [2.24, 2.45) is 0 Å². The summed E-state index contributed by atoms with van der Waals surface area (Å²) < 4.78 is 32.6. The Morgan fingerprint density at radius 3 is 2.32 bits per heavy atom. The summed E-state index contributed by atoms with van der Waals surface area (Å²) in [4.78, 5) is 14.0. The van der Waals surface area contributed by atoms with Crippen molar-refractivity contribution >= 4 is 32.0 Å². The number of amides is 1. The minimum atomic E-state index is -3.58. The molecular weight excluding hydrogens is 408 g/mol. The van der Waals surface area contributed by atoms with E-state index in [1.807, 2.05) is 20.8 Å². The van der Waals surface area contributed by atoms with Crippen molar-refractivity contribution in [3.8, 4) is 0 Å². The summed E-state index contributed by atoms with van der Waals surface area (Å²) in [6.07, 6.45) is -0.405. The summed E-state index contributed by atoms with van der Waals surface area (Å²) in [6.45, 7) is 8.12. The predicted octanol–water partition coefficient (Wildman–Crippen LogP) is 3.21. The Labute approximate surface area is 158 Å². The molecule has 0 aliphatic carbocycles. The van der Waals surface area contributed by atoms with Gasteiger partial charge in [-0.3, -0.25) is 0 Å². The summed E-state index contributed by atoms with van der Waals surface area (Å²) in [6, 6.07) is 6.52. The highest BCUT2D eigenvalue weighted by Gasteiger charge is 2.36. The third-order valence-electron chi connectivity index (χ3n) is 3.90. The van der Waals surface area contributed by atoms with Crippen LogP contribution in [0.1, 0.15) is 33.3 Å². The Hall–Kier alpha value is -1.12. The second-order valence-corrected chi connectivity index (χ2v) is 9.62. The number of carbonyl (C=O) groups excluding carboxylic acids is 1. The molecule has 1 aliphatic heterocycles. The molecule has 0 saturated carbocycles. The summed E-state index contributed by atoms with van der Waals surface area (Å²) in [5, 5.41) is 0.679. The van der Waals surface area contributed by atoms with Crippen molar-refractivity contribution in [2.45, 2.75) is 49.6 Å². The average molecular weight is 433 g/mol. The number of hydrogen-bond donors (Lipinski definition) is 0. The average Bonchev–Trinajstić information content (AvgIpc) is 2.53. The third-order valence-corrected chi connectivity index (χ3v) is 6.58. The molecule has 25 heavy (non-hydrogen) atoms. The molecule has 1 atom stereocenters.